The van der Waals surface area contributed by atoms with Crippen LogP contribution in [0.25, 0.3) is 0 Å². The minimum Gasteiger partial charge on any atom is -0.306 e. The van der Waals surface area contributed by atoms with Gasteiger partial charge in [-0.05, 0) is 65.5 Å². The van der Waals surface area contributed by atoms with Crippen LogP contribution in [-0.2, 0) is 0 Å². The Balaban J connectivity index is 1.80. The van der Waals surface area contributed by atoms with E-state index in [9.17, 15) is 0 Å². The highest BCUT2D eigenvalue weighted by Gasteiger charge is 2.28. The van der Waals surface area contributed by atoms with E-state index in [1.165, 1.54) is 58.4 Å². The predicted molar refractivity (Wildman–Crippen MR) is 81.2 cm³/mol. The number of likely N-dealkylation sites (tertiary alicyclic amines) is 2. The summed E-state index contributed by atoms with van der Waals surface area (Å²) in [6.45, 7) is 8.52. The van der Waals surface area contributed by atoms with Crippen LogP contribution in [0.4, 0.5) is 0 Å². The van der Waals surface area contributed by atoms with Gasteiger partial charge in [0.15, 0.2) is 0 Å². The lowest BCUT2D eigenvalue weighted by Crippen LogP contribution is -2.54. The van der Waals surface area contributed by atoms with E-state index in [2.05, 4.69) is 47.9 Å². The first-order valence-corrected chi connectivity index (χ1v) is 7.98. The van der Waals surface area contributed by atoms with Gasteiger partial charge >= 0.3 is 0 Å². The molecule has 2 fully saturated rings. The van der Waals surface area contributed by atoms with E-state index >= 15 is 0 Å². The Morgan fingerprint density at radius 2 is 1.26 bits per heavy atom. The van der Waals surface area contributed by atoms with Crippen molar-refractivity contribution >= 4 is 0 Å². The number of hydrazine groups is 1. The summed E-state index contributed by atoms with van der Waals surface area (Å²) >= 11 is 0. The third-order valence-electron chi connectivity index (χ3n) is 5.25. The van der Waals surface area contributed by atoms with Gasteiger partial charge in [0.2, 0.25) is 0 Å². The molecule has 0 spiro atoms. The third-order valence-corrected chi connectivity index (χ3v) is 5.25. The molecule has 2 heterocycles. The van der Waals surface area contributed by atoms with E-state index in [0.29, 0.717) is 0 Å². The molecule has 0 aromatic rings. The molecule has 2 rings (SSSR count). The van der Waals surface area contributed by atoms with Crippen molar-refractivity contribution in [1.29, 1.82) is 0 Å². The van der Waals surface area contributed by atoms with Gasteiger partial charge in [0, 0.05) is 26.2 Å². The van der Waals surface area contributed by atoms with Crippen molar-refractivity contribution < 1.29 is 0 Å². The molecule has 0 saturated carbocycles. The standard InChI is InChI=1S/C15H32N4/c1-5-19-12-8-15(9-13-19)18(4)17(3)14-6-10-16(2)11-7-14/h14-15H,5-13H2,1-4H3. The zero-order chi connectivity index (χ0) is 13.8. The average molecular weight is 268 g/mol. The molecule has 0 amide bonds. The van der Waals surface area contributed by atoms with Crippen LogP contribution in [0.2, 0.25) is 0 Å². The molecule has 4 nitrogen and oxygen atoms in total. The summed E-state index contributed by atoms with van der Waals surface area (Å²) in [7, 11) is 6.83. The van der Waals surface area contributed by atoms with Crippen molar-refractivity contribution in [3.8, 4) is 0 Å². The normalized spacial score (nSPS) is 25.6. The van der Waals surface area contributed by atoms with Crippen LogP contribution in [0.3, 0.4) is 0 Å². The highest BCUT2D eigenvalue weighted by atomic mass is 15.6. The van der Waals surface area contributed by atoms with Crippen molar-refractivity contribution in [1.82, 2.24) is 19.8 Å². The SMILES string of the molecule is CCN1CCC(N(C)N(C)C2CCN(C)CC2)CC1. The van der Waals surface area contributed by atoms with E-state index in [-0.39, 0.29) is 0 Å². The summed E-state index contributed by atoms with van der Waals surface area (Å²) in [6.07, 6.45) is 5.26. The lowest BCUT2D eigenvalue weighted by atomic mass is 10.0. The average Bonchev–Trinajstić information content (AvgIpc) is 2.46. The van der Waals surface area contributed by atoms with Crippen molar-refractivity contribution in [3.05, 3.63) is 0 Å². The van der Waals surface area contributed by atoms with Crippen LogP contribution in [0.15, 0.2) is 0 Å². The molecule has 2 aliphatic heterocycles. The lowest BCUT2D eigenvalue weighted by Gasteiger charge is -2.45. The van der Waals surface area contributed by atoms with Gasteiger partial charge < -0.3 is 9.80 Å². The first-order valence-electron chi connectivity index (χ1n) is 7.98. The molecule has 19 heavy (non-hydrogen) atoms. The van der Waals surface area contributed by atoms with Gasteiger partial charge in [0.25, 0.3) is 0 Å². The minimum absolute atomic E-state index is 0.741. The molecular weight excluding hydrogens is 236 g/mol. The Hall–Kier alpha value is -0.160. The zero-order valence-corrected chi connectivity index (χ0v) is 13.3. The summed E-state index contributed by atoms with van der Waals surface area (Å²) in [4.78, 5) is 5.02. The van der Waals surface area contributed by atoms with Gasteiger partial charge in [-0.1, -0.05) is 6.92 Å². The number of piperidine rings is 2. The summed E-state index contributed by atoms with van der Waals surface area (Å²) in [6, 6.07) is 1.48. The molecule has 2 aliphatic rings. The van der Waals surface area contributed by atoms with Gasteiger partial charge in [0.1, 0.15) is 0 Å². The maximum absolute atomic E-state index is 2.57. The molecule has 112 valence electrons. The monoisotopic (exact) mass is 268 g/mol. The van der Waals surface area contributed by atoms with Crippen molar-refractivity contribution in [2.45, 2.75) is 44.7 Å². The Bertz CT molecular complexity index is 255. The second-order valence-corrected chi connectivity index (χ2v) is 6.35. The van der Waals surface area contributed by atoms with Crippen LogP contribution in [0, 0.1) is 0 Å². The van der Waals surface area contributed by atoms with Gasteiger partial charge in [-0.2, -0.15) is 0 Å². The Labute approximate surface area is 119 Å². The Morgan fingerprint density at radius 1 is 0.842 bits per heavy atom. The highest BCUT2D eigenvalue weighted by Crippen LogP contribution is 2.21. The summed E-state index contributed by atoms with van der Waals surface area (Å²) in [5, 5.41) is 5.06. The van der Waals surface area contributed by atoms with E-state index in [1.54, 1.807) is 0 Å². The number of rotatable bonds is 4. The molecule has 0 atom stereocenters. The van der Waals surface area contributed by atoms with E-state index in [0.717, 1.165) is 12.1 Å². The minimum atomic E-state index is 0.741. The first-order chi connectivity index (χ1) is 9.11. The van der Waals surface area contributed by atoms with E-state index in [4.69, 9.17) is 0 Å². The van der Waals surface area contributed by atoms with Gasteiger partial charge in [-0.3, -0.25) is 0 Å². The second-order valence-electron chi connectivity index (χ2n) is 6.35. The second kappa shape index (κ2) is 7.02. The molecule has 0 bridgehead atoms. The predicted octanol–water partition coefficient (Wildman–Crippen LogP) is 1.34. The summed E-state index contributed by atoms with van der Waals surface area (Å²) in [5.41, 5.74) is 0. The van der Waals surface area contributed by atoms with Gasteiger partial charge in [-0.15, -0.1) is 0 Å². The molecule has 4 heteroatoms. The third kappa shape index (κ3) is 3.91. The fraction of sp³-hybridized carbons (Fsp3) is 1.00. The van der Waals surface area contributed by atoms with Crippen molar-refractivity contribution in [2.75, 3.05) is 53.9 Å². The molecule has 2 saturated heterocycles. The fourth-order valence-electron chi connectivity index (χ4n) is 3.49. The number of hydrogen-bond donors (Lipinski definition) is 0. The topological polar surface area (TPSA) is 13.0 Å². The Kier molecular flexibility index (Phi) is 5.63. The summed E-state index contributed by atoms with van der Waals surface area (Å²) < 4.78 is 0. The maximum atomic E-state index is 2.57. The molecule has 0 aromatic carbocycles. The van der Waals surface area contributed by atoms with E-state index < -0.39 is 0 Å². The van der Waals surface area contributed by atoms with Crippen LogP contribution < -0.4 is 0 Å². The first kappa shape index (κ1) is 15.2. The van der Waals surface area contributed by atoms with Crippen LogP contribution in [-0.4, -0.2) is 85.8 Å². The van der Waals surface area contributed by atoms with Gasteiger partial charge in [0.05, 0.1) is 0 Å². The molecule has 0 aliphatic carbocycles. The smallest absolute Gasteiger partial charge is 0.0267 e. The van der Waals surface area contributed by atoms with E-state index in [1.807, 2.05) is 0 Å². The lowest BCUT2D eigenvalue weighted by molar-refractivity contribution is -0.0773. The largest absolute Gasteiger partial charge is 0.306 e. The van der Waals surface area contributed by atoms with Crippen molar-refractivity contribution in [3.63, 3.8) is 0 Å². The maximum Gasteiger partial charge on any atom is 0.0267 e. The molecular formula is C15H32N4. The zero-order valence-electron chi connectivity index (χ0n) is 13.3. The summed E-state index contributed by atoms with van der Waals surface area (Å²) in [5.74, 6) is 0. The van der Waals surface area contributed by atoms with Gasteiger partial charge in [-0.25, -0.2) is 10.0 Å². The highest BCUT2D eigenvalue weighted by molar-refractivity contribution is 4.80. The van der Waals surface area contributed by atoms with Crippen LogP contribution >= 0.6 is 0 Å². The molecule has 0 unspecified atom stereocenters. The molecule has 0 radical (unpaired) electrons. The number of nitrogens with zero attached hydrogens (tertiary/aromatic N) is 4. The quantitative estimate of drug-likeness (QED) is 0.713. The fourth-order valence-corrected chi connectivity index (χ4v) is 3.49. The molecule has 0 N–H and O–H groups in total. The molecule has 0 aromatic heterocycles. The Morgan fingerprint density at radius 3 is 1.68 bits per heavy atom. The van der Waals surface area contributed by atoms with Crippen molar-refractivity contribution in [2.24, 2.45) is 0 Å². The van der Waals surface area contributed by atoms with Crippen LogP contribution in [0.5, 0.6) is 0 Å². The van der Waals surface area contributed by atoms with Crippen LogP contribution in [0.1, 0.15) is 32.6 Å². The number of hydrogen-bond acceptors (Lipinski definition) is 4.